The number of hydrogen-bond donors (Lipinski definition) is 3. The van der Waals surface area contributed by atoms with Crippen LogP contribution in [0.25, 0.3) is 0 Å². The summed E-state index contributed by atoms with van der Waals surface area (Å²) in [5.41, 5.74) is 5.94. The number of aryl methyl sites for hydroxylation is 1. The van der Waals surface area contributed by atoms with Crippen molar-refractivity contribution in [2.45, 2.75) is 32.2 Å². The Bertz CT molecular complexity index is 997. The molecule has 1 saturated carbocycles. The molecule has 0 spiro atoms. The minimum Gasteiger partial charge on any atom is -0.507 e. The number of hydrogen-bond acceptors (Lipinski definition) is 5. The van der Waals surface area contributed by atoms with Gasteiger partial charge in [0.1, 0.15) is 17.2 Å². The zero-order chi connectivity index (χ0) is 22.0. The van der Waals surface area contributed by atoms with Crippen LogP contribution < -0.4 is 15.8 Å². The van der Waals surface area contributed by atoms with Crippen molar-refractivity contribution in [1.29, 1.82) is 0 Å². The van der Waals surface area contributed by atoms with Gasteiger partial charge >= 0.3 is 11.8 Å². The first kappa shape index (κ1) is 21.4. The highest BCUT2D eigenvalue weighted by Gasteiger charge is 2.28. The van der Waals surface area contributed by atoms with Crippen LogP contribution in [0.5, 0.6) is 17.2 Å². The smallest absolute Gasteiger partial charge is 0.313 e. The van der Waals surface area contributed by atoms with Crippen LogP contribution in [0.15, 0.2) is 30.3 Å². The first-order valence-corrected chi connectivity index (χ1v) is 9.74. The number of ether oxygens (including phenoxy) is 1. The Labute approximate surface area is 178 Å². The molecule has 0 aliphatic heterocycles. The molecule has 2 aromatic carbocycles. The van der Waals surface area contributed by atoms with Crippen molar-refractivity contribution < 1.29 is 24.2 Å². The molecular weight excluding hydrogens is 410 g/mol. The molecule has 0 radical (unpaired) electrons. The van der Waals surface area contributed by atoms with Gasteiger partial charge in [0.2, 0.25) is 0 Å². The molecule has 2 aromatic rings. The first-order valence-electron chi connectivity index (χ1n) is 9.36. The van der Waals surface area contributed by atoms with Crippen molar-refractivity contribution in [2.24, 2.45) is 5.73 Å². The van der Waals surface area contributed by atoms with Gasteiger partial charge in [-0.05, 0) is 62.1 Å². The molecule has 1 aliphatic rings. The number of primary amides is 1. The third kappa shape index (κ3) is 4.49. The molecule has 30 heavy (non-hydrogen) atoms. The van der Waals surface area contributed by atoms with Crippen molar-refractivity contribution in [3.8, 4) is 17.2 Å². The normalized spacial score (nSPS) is 13.3. The molecule has 1 fully saturated rings. The summed E-state index contributed by atoms with van der Waals surface area (Å²) in [5, 5.41) is 12.7. The quantitative estimate of drug-likeness (QED) is 0.627. The number of nitrogens with zero attached hydrogens (tertiary/aromatic N) is 1. The van der Waals surface area contributed by atoms with Crippen LogP contribution >= 0.6 is 11.6 Å². The Hall–Kier alpha value is -3.26. The van der Waals surface area contributed by atoms with Crippen molar-refractivity contribution in [1.82, 2.24) is 4.90 Å². The van der Waals surface area contributed by atoms with Gasteiger partial charge in [-0.25, -0.2) is 0 Å². The standard InChI is InChI=1S/C21H22ClN3O5/c1-11-8-12(24-20(28)19(23)27)9-16(22)18(11)30-14-6-7-17(26)15(10-14)21(29)25(2)13-4-3-5-13/h6-10,13,26H,3-5H2,1-2H3,(H2,23,27)(H,24,28). The number of anilines is 1. The van der Waals surface area contributed by atoms with E-state index < -0.39 is 11.8 Å². The zero-order valence-electron chi connectivity index (χ0n) is 16.6. The van der Waals surface area contributed by atoms with Crippen LogP contribution in [-0.2, 0) is 9.59 Å². The molecule has 4 N–H and O–H groups in total. The summed E-state index contributed by atoms with van der Waals surface area (Å²) in [4.78, 5) is 36.7. The van der Waals surface area contributed by atoms with E-state index >= 15 is 0 Å². The molecule has 1 aliphatic carbocycles. The lowest BCUT2D eigenvalue weighted by atomic mass is 9.91. The summed E-state index contributed by atoms with van der Waals surface area (Å²) in [6.45, 7) is 1.71. The van der Waals surface area contributed by atoms with Crippen LogP contribution in [0.2, 0.25) is 5.02 Å². The molecule has 0 bridgehead atoms. The van der Waals surface area contributed by atoms with Crippen molar-refractivity contribution in [3.63, 3.8) is 0 Å². The molecule has 9 heteroatoms. The number of aromatic hydroxyl groups is 1. The highest BCUT2D eigenvalue weighted by molar-refractivity contribution is 6.39. The number of amides is 3. The summed E-state index contributed by atoms with van der Waals surface area (Å²) >= 11 is 6.28. The van der Waals surface area contributed by atoms with Gasteiger partial charge in [0.15, 0.2) is 0 Å². The average molecular weight is 432 g/mol. The van der Waals surface area contributed by atoms with E-state index in [1.54, 1.807) is 24.9 Å². The lowest BCUT2D eigenvalue weighted by Crippen LogP contribution is -2.41. The summed E-state index contributed by atoms with van der Waals surface area (Å²) in [6, 6.07) is 7.54. The number of nitrogens with one attached hydrogen (secondary N) is 1. The Kier molecular flexibility index (Phi) is 6.17. The monoisotopic (exact) mass is 431 g/mol. The summed E-state index contributed by atoms with van der Waals surface area (Å²) in [7, 11) is 1.72. The number of carbonyl (C=O) groups is 3. The van der Waals surface area contributed by atoms with Gasteiger partial charge in [-0.3, -0.25) is 14.4 Å². The predicted octanol–water partition coefficient (Wildman–Crippen LogP) is 3.19. The SMILES string of the molecule is Cc1cc(NC(=O)C(N)=O)cc(Cl)c1Oc1ccc(O)c(C(=O)N(C)C2CCC2)c1. The Morgan fingerprint density at radius 3 is 2.50 bits per heavy atom. The van der Waals surface area contributed by atoms with E-state index in [1.165, 1.54) is 24.3 Å². The Balaban J connectivity index is 1.83. The molecule has 0 aromatic heterocycles. The molecule has 158 valence electrons. The Morgan fingerprint density at radius 1 is 1.23 bits per heavy atom. The van der Waals surface area contributed by atoms with E-state index in [2.05, 4.69) is 5.32 Å². The fraction of sp³-hybridized carbons (Fsp3) is 0.286. The zero-order valence-corrected chi connectivity index (χ0v) is 17.3. The van der Waals surface area contributed by atoms with Crippen LogP contribution in [0.1, 0.15) is 35.2 Å². The van der Waals surface area contributed by atoms with E-state index in [0.29, 0.717) is 17.1 Å². The third-order valence-corrected chi connectivity index (χ3v) is 5.35. The number of phenols is 1. The number of rotatable bonds is 5. The van der Waals surface area contributed by atoms with E-state index in [-0.39, 0.29) is 34.0 Å². The van der Waals surface area contributed by atoms with Gasteiger partial charge in [-0.2, -0.15) is 0 Å². The van der Waals surface area contributed by atoms with Gasteiger partial charge in [-0.1, -0.05) is 11.6 Å². The second-order valence-electron chi connectivity index (χ2n) is 7.20. The summed E-state index contributed by atoms with van der Waals surface area (Å²) < 4.78 is 5.86. The molecule has 0 atom stereocenters. The second-order valence-corrected chi connectivity index (χ2v) is 7.61. The maximum Gasteiger partial charge on any atom is 0.313 e. The Morgan fingerprint density at radius 2 is 1.93 bits per heavy atom. The number of phenolic OH excluding ortho intramolecular Hbond substituents is 1. The predicted molar refractivity (Wildman–Crippen MR) is 112 cm³/mol. The molecular formula is C21H22ClN3O5. The van der Waals surface area contributed by atoms with Gasteiger partial charge in [0.25, 0.3) is 5.91 Å². The van der Waals surface area contributed by atoms with Crippen molar-refractivity contribution >= 4 is 35.0 Å². The minimum absolute atomic E-state index is 0.133. The fourth-order valence-corrected chi connectivity index (χ4v) is 3.43. The second kappa shape index (κ2) is 8.62. The number of halogens is 1. The molecule has 3 amide bonds. The molecule has 0 unspecified atom stereocenters. The van der Waals surface area contributed by atoms with Crippen LogP contribution in [-0.4, -0.2) is 40.8 Å². The van der Waals surface area contributed by atoms with E-state index in [1.807, 2.05) is 0 Å². The van der Waals surface area contributed by atoms with Crippen LogP contribution in [0, 0.1) is 6.92 Å². The third-order valence-electron chi connectivity index (χ3n) is 5.07. The minimum atomic E-state index is -1.11. The lowest BCUT2D eigenvalue weighted by molar-refractivity contribution is -0.134. The van der Waals surface area contributed by atoms with E-state index in [0.717, 1.165) is 19.3 Å². The van der Waals surface area contributed by atoms with Gasteiger partial charge in [0, 0.05) is 18.8 Å². The molecule has 3 rings (SSSR count). The fourth-order valence-electron chi connectivity index (χ4n) is 3.12. The maximum absolute atomic E-state index is 12.7. The van der Waals surface area contributed by atoms with Crippen molar-refractivity contribution in [2.75, 3.05) is 12.4 Å². The van der Waals surface area contributed by atoms with Crippen LogP contribution in [0.4, 0.5) is 5.69 Å². The summed E-state index contributed by atoms with van der Waals surface area (Å²) in [5.74, 6) is -1.86. The topological polar surface area (TPSA) is 122 Å². The largest absolute Gasteiger partial charge is 0.507 e. The van der Waals surface area contributed by atoms with Crippen molar-refractivity contribution in [3.05, 3.63) is 46.5 Å². The first-order chi connectivity index (χ1) is 14.2. The number of benzene rings is 2. The van der Waals surface area contributed by atoms with E-state index in [9.17, 15) is 19.5 Å². The highest BCUT2D eigenvalue weighted by atomic mass is 35.5. The average Bonchev–Trinajstić information content (AvgIpc) is 2.63. The van der Waals surface area contributed by atoms with Gasteiger partial charge in [0.05, 0.1) is 10.6 Å². The van der Waals surface area contributed by atoms with Gasteiger partial charge in [-0.15, -0.1) is 0 Å². The van der Waals surface area contributed by atoms with E-state index in [4.69, 9.17) is 22.1 Å². The maximum atomic E-state index is 12.7. The van der Waals surface area contributed by atoms with Gasteiger partial charge < -0.3 is 25.8 Å². The highest BCUT2D eigenvalue weighted by Crippen LogP contribution is 2.37. The van der Waals surface area contributed by atoms with Crippen LogP contribution in [0.3, 0.4) is 0 Å². The molecule has 0 saturated heterocycles. The lowest BCUT2D eigenvalue weighted by Gasteiger charge is -2.34. The molecule has 0 heterocycles. The summed E-state index contributed by atoms with van der Waals surface area (Å²) in [6.07, 6.45) is 2.99. The molecule has 8 nitrogen and oxygen atoms in total. The number of nitrogens with two attached hydrogens (primary N) is 1. The number of carbonyl (C=O) groups excluding carboxylic acids is 3.